The zero-order valence-electron chi connectivity index (χ0n) is 12.4. The van der Waals surface area contributed by atoms with Gasteiger partial charge < -0.3 is 15.0 Å². The van der Waals surface area contributed by atoms with E-state index in [0.29, 0.717) is 5.69 Å². The van der Waals surface area contributed by atoms with Crippen molar-refractivity contribution < 1.29 is 14.7 Å². The van der Waals surface area contributed by atoms with Crippen LogP contribution in [0.5, 0.6) is 0 Å². The normalized spacial score (nSPS) is 11.2. The molecular formula is C14H16N4O4. The average Bonchev–Trinajstić information content (AvgIpc) is 2.90. The molecule has 8 heteroatoms. The Hall–Kier alpha value is -2.90. The molecule has 0 atom stereocenters. The third-order valence-electron chi connectivity index (χ3n) is 3.35. The third kappa shape index (κ3) is 2.76. The van der Waals surface area contributed by atoms with Crippen LogP contribution in [0.25, 0.3) is 0 Å². The Balaban J connectivity index is 2.24. The Morgan fingerprint density at radius 2 is 2.00 bits per heavy atom. The lowest BCUT2D eigenvalue weighted by atomic mass is 10.1. The quantitative estimate of drug-likeness (QED) is 0.862. The van der Waals surface area contributed by atoms with Gasteiger partial charge in [-0.3, -0.25) is 14.3 Å². The molecule has 22 heavy (non-hydrogen) atoms. The Labute approximate surface area is 126 Å². The predicted octanol–water partition coefficient (Wildman–Crippen LogP) is 0.654. The van der Waals surface area contributed by atoms with E-state index in [1.165, 1.54) is 60.7 Å². The highest BCUT2D eigenvalue weighted by Crippen LogP contribution is 2.17. The maximum atomic E-state index is 12.2. The minimum atomic E-state index is -1.23. The zero-order chi connectivity index (χ0) is 16.5. The fourth-order valence-electron chi connectivity index (χ4n) is 1.78. The summed E-state index contributed by atoms with van der Waals surface area (Å²) in [7, 11) is 1.49. The Morgan fingerprint density at radius 1 is 1.32 bits per heavy atom. The van der Waals surface area contributed by atoms with E-state index in [4.69, 9.17) is 5.11 Å². The molecule has 2 aromatic rings. The van der Waals surface area contributed by atoms with Crippen molar-refractivity contribution in [2.75, 3.05) is 5.32 Å². The van der Waals surface area contributed by atoms with E-state index in [0.717, 1.165) is 0 Å². The van der Waals surface area contributed by atoms with Gasteiger partial charge in [0.15, 0.2) is 5.54 Å². The summed E-state index contributed by atoms with van der Waals surface area (Å²) in [5.74, 6) is -1.52. The van der Waals surface area contributed by atoms with Gasteiger partial charge in [-0.1, -0.05) is 6.07 Å². The van der Waals surface area contributed by atoms with Crippen molar-refractivity contribution in [3.05, 3.63) is 46.6 Å². The van der Waals surface area contributed by atoms with E-state index in [1.807, 2.05) is 0 Å². The van der Waals surface area contributed by atoms with E-state index >= 15 is 0 Å². The monoisotopic (exact) mass is 304 g/mol. The van der Waals surface area contributed by atoms with Crippen LogP contribution in [0.1, 0.15) is 24.3 Å². The molecule has 0 aliphatic rings. The summed E-state index contributed by atoms with van der Waals surface area (Å²) in [6.45, 7) is 2.99. The SMILES string of the molecule is Cn1c(C(=O)Nc2cnn(C(C)(C)C(=O)O)c2)cccc1=O. The van der Waals surface area contributed by atoms with Gasteiger partial charge in [0.1, 0.15) is 5.69 Å². The van der Waals surface area contributed by atoms with Gasteiger partial charge in [0.25, 0.3) is 11.5 Å². The summed E-state index contributed by atoms with van der Waals surface area (Å²) in [5, 5.41) is 15.7. The van der Waals surface area contributed by atoms with Crippen molar-refractivity contribution in [2.45, 2.75) is 19.4 Å². The second-order valence-electron chi connectivity index (χ2n) is 5.30. The molecule has 2 N–H and O–H groups in total. The number of nitrogens with zero attached hydrogens (tertiary/aromatic N) is 3. The first-order chi connectivity index (χ1) is 10.2. The van der Waals surface area contributed by atoms with Gasteiger partial charge in [0.2, 0.25) is 0 Å². The topological polar surface area (TPSA) is 106 Å². The lowest BCUT2D eigenvalue weighted by Gasteiger charge is -2.19. The van der Waals surface area contributed by atoms with Crippen molar-refractivity contribution in [1.29, 1.82) is 0 Å². The minimum Gasteiger partial charge on any atom is -0.479 e. The number of anilines is 1. The lowest BCUT2D eigenvalue weighted by molar-refractivity contribution is -0.146. The number of carbonyl (C=O) groups excluding carboxylic acids is 1. The first-order valence-electron chi connectivity index (χ1n) is 6.49. The molecule has 0 fully saturated rings. The van der Waals surface area contributed by atoms with Crippen LogP contribution in [0, 0.1) is 0 Å². The molecule has 8 nitrogen and oxygen atoms in total. The number of aliphatic carboxylic acids is 1. The second kappa shape index (κ2) is 5.47. The third-order valence-corrected chi connectivity index (χ3v) is 3.35. The largest absolute Gasteiger partial charge is 0.479 e. The molecule has 0 unspecified atom stereocenters. The fraction of sp³-hybridized carbons (Fsp3) is 0.286. The predicted molar refractivity (Wildman–Crippen MR) is 78.8 cm³/mol. The first-order valence-corrected chi connectivity index (χ1v) is 6.49. The molecule has 2 rings (SSSR count). The summed E-state index contributed by atoms with van der Waals surface area (Å²) in [6.07, 6.45) is 2.77. The number of hydrogen-bond donors (Lipinski definition) is 2. The molecule has 0 aliphatic heterocycles. The molecule has 0 saturated heterocycles. The summed E-state index contributed by atoms with van der Waals surface area (Å²) < 4.78 is 2.47. The van der Waals surface area contributed by atoms with Crippen LogP contribution >= 0.6 is 0 Å². The van der Waals surface area contributed by atoms with Gasteiger partial charge in [-0.2, -0.15) is 5.10 Å². The van der Waals surface area contributed by atoms with Crippen molar-refractivity contribution in [2.24, 2.45) is 7.05 Å². The fourth-order valence-corrected chi connectivity index (χ4v) is 1.78. The number of carboxylic acids is 1. The number of carboxylic acid groups (broad SMARTS) is 1. The van der Waals surface area contributed by atoms with Crippen LogP contribution in [0.2, 0.25) is 0 Å². The Kier molecular flexibility index (Phi) is 3.85. The van der Waals surface area contributed by atoms with Gasteiger partial charge in [-0.15, -0.1) is 0 Å². The Bertz CT molecular complexity index is 788. The highest BCUT2D eigenvalue weighted by atomic mass is 16.4. The van der Waals surface area contributed by atoms with Crippen LogP contribution in [0.3, 0.4) is 0 Å². The summed E-state index contributed by atoms with van der Waals surface area (Å²) in [4.78, 5) is 34.8. The van der Waals surface area contributed by atoms with Crippen LogP contribution in [0.15, 0.2) is 35.4 Å². The van der Waals surface area contributed by atoms with Crippen LogP contribution in [0.4, 0.5) is 5.69 Å². The molecule has 1 amide bonds. The Morgan fingerprint density at radius 3 is 2.64 bits per heavy atom. The number of aromatic nitrogens is 3. The molecule has 0 spiro atoms. The standard InChI is InChI=1S/C14H16N4O4/c1-14(2,13(21)22)18-8-9(7-15-18)16-12(20)10-5-4-6-11(19)17(10)3/h4-8H,1-3H3,(H,16,20)(H,21,22). The van der Waals surface area contributed by atoms with Gasteiger partial charge in [0.05, 0.1) is 11.9 Å². The molecule has 0 bridgehead atoms. The van der Waals surface area contributed by atoms with Crippen LogP contribution in [-0.4, -0.2) is 31.3 Å². The molecule has 116 valence electrons. The van der Waals surface area contributed by atoms with Crippen LogP contribution in [-0.2, 0) is 17.4 Å². The lowest BCUT2D eigenvalue weighted by Crippen LogP contribution is -2.35. The first kappa shape index (κ1) is 15.5. The van der Waals surface area contributed by atoms with Crippen molar-refractivity contribution >= 4 is 17.6 Å². The molecular weight excluding hydrogens is 288 g/mol. The highest BCUT2D eigenvalue weighted by molar-refractivity contribution is 6.02. The molecule has 0 aliphatic carbocycles. The van der Waals surface area contributed by atoms with Gasteiger partial charge in [-0.05, 0) is 19.9 Å². The van der Waals surface area contributed by atoms with E-state index in [2.05, 4.69) is 10.4 Å². The second-order valence-corrected chi connectivity index (χ2v) is 5.30. The van der Waals surface area contributed by atoms with E-state index < -0.39 is 17.4 Å². The summed E-state index contributed by atoms with van der Waals surface area (Å²) >= 11 is 0. The zero-order valence-corrected chi connectivity index (χ0v) is 12.4. The molecule has 0 saturated carbocycles. The number of pyridine rings is 1. The smallest absolute Gasteiger partial charge is 0.331 e. The maximum absolute atomic E-state index is 12.2. The van der Waals surface area contributed by atoms with Crippen LogP contribution < -0.4 is 10.9 Å². The number of carbonyl (C=O) groups is 2. The van der Waals surface area contributed by atoms with E-state index in [1.54, 1.807) is 0 Å². The maximum Gasteiger partial charge on any atom is 0.331 e. The van der Waals surface area contributed by atoms with Gasteiger partial charge >= 0.3 is 5.97 Å². The minimum absolute atomic E-state index is 0.192. The van der Waals surface area contributed by atoms with E-state index in [-0.39, 0.29) is 11.3 Å². The summed E-state index contributed by atoms with van der Waals surface area (Å²) in [6, 6.07) is 4.36. The van der Waals surface area contributed by atoms with Crippen molar-refractivity contribution in [3.63, 3.8) is 0 Å². The van der Waals surface area contributed by atoms with Gasteiger partial charge in [-0.25, -0.2) is 4.79 Å². The highest BCUT2D eigenvalue weighted by Gasteiger charge is 2.30. The molecule has 0 aromatic carbocycles. The number of rotatable bonds is 4. The van der Waals surface area contributed by atoms with Gasteiger partial charge in [0, 0.05) is 19.3 Å². The summed E-state index contributed by atoms with van der Waals surface area (Å²) in [5.41, 5.74) is -0.994. The number of nitrogens with one attached hydrogen (secondary N) is 1. The number of amides is 1. The number of hydrogen-bond acceptors (Lipinski definition) is 4. The van der Waals surface area contributed by atoms with Crippen molar-refractivity contribution in [1.82, 2.24) is 14.3 Å². The molecule has 2 aromatic heterocycles. The molecule has 0 radical (unpaired) electrons. The average molecular weight is 304 g/mol. The molecule has 2 heterocycles. The van der Waals surface area contributed by atoms with Crippen molar-refractivity contribution in [3.8, 4) is 0 Å². The van der Waals surface area contributed by atoms with E-state index in [9.17, 15) is 14.4 Å².